The van der Waals surface area contributed by atoms with Gasteiger partial charge >= 0.3 is 6.18 Å². The highest BCUT2D eigenvalue weighted by Gasteiger charge is 2.34. The van der Waals surface area contributed by atoms with Crippen LogP contribution in [0.4, 0.5) is 18.9 Å². The average Bonchev–Trinajstić information content (AvgIpc) is 2.71. The number of carbonyl (C=O) groups excluding carboxylic acids is 2. The molecule has 0 aromatic heterocycles. The van der Waals surface area contributed by atoms with Crippen LogP contribution in [0.15, 0.2) is 48.5 Å². The molecule has 0 fully saturated rings. The molecule has 0 aliphatic carbocycles. The first kappa shape index (κ1) is 23.1. The van der Waals surface area contributed by atoms with Gasteiger partial charge in [0, 0.05) is 6.54 Å². The van der Waals surface area contributed by atoms with Crippen LogP contribution in [-0.4, -0.2) is 43.5 Å². The highest BCUT2D eigenvalue weighted by molar-refractivity contribution is 5.95. The molecule has 0 radical (unpaired) electrons. The Morgan fingerprint density at radius 2 is 1.67 bits per heavy atom. The third-order valence-electron chi connectivity index (χ3n) is 4.11. The van der Waals surface area contributed by atoms with Gasteiger partial charge in [-0.15, -0.1) is 0 Å². The Bertz CT molecular complexity index is 871. The summed E-state index contributed by atoms with van der Waals surface area (Å²) in [6, 6.07) is 11.5. The number of para-hydroxylation sites is 3. The van der Waals surface area contributed by atoms with E-state index >= 15 is 0 Å². The van der Waals surface area contributed by atoms with Gasteiger partial charge in [0.25, 0.3) is 5.91 Å². The topological polar surface area (TPSA) is 67.9 Å². The second-order valence-corrected chi connectivity index (χ2v) is 6.35. The van der Waals surface area contributed by atoms with Gasteiger partial charge < -0.3 is 19.7 Å². The van der Waals surface area contributed by atoms with Crippen LogP contribution in [0.3, 0.4) is 0 Å². The number of nitrogens with one attached hydrogen (secondary N) is 1. The normalized spacial score (nSPS) is 11.0. The van der Waals surface area contributed by atoms with Crippen molar-refractivity contribution in [2.45, 2.75) is 19.5 Å². The Balaban J connectivity index is 2.02. The summed E-state index contributed by atoms with van der Waals surface area (Å²) in [6.45, 7) is 1.19. The van der Waals surface area contributed by atoms with Crippen molar-refractivity contribution in [2.24, 2.45) is 0 Å². The molecule has 0 aliphatic heterocycles. The van der Waals surface area contributed by atoms with Crippen molar-refractivity contribution >= 4 is 17.5 Å². The van der Waals surface area contributed by atoms with Crippen LogP contribution in [0.5, 0.6) is 11.5 Å². The molecule has 30 heavy (non-hydrogen) atoms. The van der Waals surface area contributed by atoms with E-state index in [4.69, 9.17) is 9.47 Å². The van der Waals surface area contributed by atoms with Gasteiger partial charge in [0.2, 0.25) is 5.91 Å². The monoisotopic (exact) mass is 424 g/mol. The predicted molar refractivity (Wildman–Crippen MR) is 105 cm³/mol. The number of halogens is 3. The summed E-state index contributed by atoms with van der Waals surface area (Å²) < 4.78 is 49.5. The zero-order valence-corrected chi connectivity index (χ0v) is 16.7. The number of anilines is 1. The lowest BCUT2D eigenvalue weighted by Crippen LogP contribution is -2.41. The van der Waals surface area contributed by atoms with E-state index in [1.54, 1.807) is 24.3 Å². The third-order valence-corrected chi connectivity index (χ3v) is 4.11. The molecule has 0 spiro atoms. The molecule has 0 unspecified atom stereocenters. The van der Waals surface area contributed by atoms with E-state index in [1.807, 2.05) is 6.92 Å². The molecule has 0 saturated heterocycles. The van der Waals surface area contributed by atoms with Gasteiger partial charge in [0.1, 0.15) is 11.5 Å². The van der Waals surface area contributed by atoms with E-state index in [9.17, 15) is 22.8 Å². The first-order chi connectivity index (χ1) is 14.3. The number of amides is 2. The lowest BCUT2D eigenvalue weighted by molar-refractivity contribution is -0.141. The third kappa shape index (κ3) is 6.40. The Kier molecular flexibility index (Phi) is 8.08. The molecule has 0 saturated carbocycles. The fraction of sp³-hybridized carbons (Fsp3) is 0.333. The maximum absolute atomic E-state index is 13.1. The van der Waals surface area contributed by atoms with Crippen LogP contribution in [0.25, 0.3) is 0 Å². The largest absolute Gasteiger partial charge is 0.495 e. The van der Waals surface area contributed by atoms with Gasteiger partial charge in [-0.3, -0.25) is 9.59 Å². The molecule has 2 aromatic rings. The highest BCUT2D eigenvalue weighted by atomic mass is 19.4. The van der Waals surface area contributed by atoms with E-state index in [2.05, 4.69) is 5.32 Å². The lowest BCUT2D eigenvalue weighted by atomic mass is 10.2. The van der Waals surface area contributed by atoms with Crippen LogP contribution in [0, 0.1) is 0 Å². The molecule has 162 valence electrons. The molecule has 2 rings (SSSR count). The zero-order chi connectivity index (χ0) is 22.1. The second kappa shape index (κ2) is 10.5. The first-order valence-electron chi connectivity index (χ1n) is 9.26. The van der Waals surface area contributed by atoms with Crippen molar-refractivity contribution in [3.8, 4) is 11.5 Å². The molecule has 0 aliphatic rings. The minimum atomic E-state index is -4.60. The predicted octanol–water partition coefficient (Wildman–Crippen LogP) is 3.97. The molecule has 0 heterocycles. The summed E-state index contributed by atoms with van der Waals surface area (Å²) in [6.07, 6.45) is -4.04. The smallest absolute Gasteiger partial charge is 0.419 e. The zero-order valence-electron chi connectivity index (χ0n) is 16.7. The quantitative estimate of drug-likeness (QED) is 0.662. The van der Waals surface area contributed by atoms with Gasteiger partial charge in [0.05, 0.1) is 24.9 Å². The van der Waals surface area contributed by atoms with Crippen molar-refractivity contribution in [2.75, 3.05) is 32.1 Å². The molecular formula is C21H23F3N2O4. The van der Waals surface area contributed by atoms with Crippen molar-refractivity contribution < 1.29 is 32.2 Å². The van der Waals surface area contributed by atoms with E-state index in [0.29, 0.717) is 17.9 Å². The number of ether oxygens (including phenoxy) is 2. The minimum Gasteiger partial charge on any atom is -0.495 e. The number of hydrogen-bond donors (Lipinski definition) is 1. The average molecular weight is 424 g/mol. The van der Waals surface area contributed by atoms with E-state index in [1.165, 1.54) is 24.1 Å². The molecule has 0 bridgehead atoms. The summed E-state index contributed by atoms with van der Waals surface area (Å²) in [5, 5.41) is 2.66. The maximum atomic E-state index is 13.1. The van der Waals surface area contributed by atoms with Gasteiger partial charge in [-0.25, -0.2) is 0 Å². The van der Waals surface area contributed by atoms with Gasteiger partial charge in [-0.2, -0.15) is 13.2 Å². The van der Waals surface area contributed by atoms with Crippen LogP contribution in [-0.2, 0) is 15.8 Å². The van der Waals surface area contributed by atoms with Crippen LogP contribution >= 0.6 is 0 Å². The van der Waals surface area contributed by atoms with E-state index in [0.717, 1.165) is 12.1 Å². The van der Waals surface area contributed by atoms with E-state index < -0.39 is 35.9 Å². The van der Waals surface area contributed by atoms with Crippen LogP contribution in [0.1, 0.15) is 18.9 Å². The molecule has 0 atom stereocenters. The van der Waals surface area contributed by atoms with Crippen LogP contribution < -0.4 is 14.8 Å². The summed E-state index contributed by atoms with van der Waals surface area (Å²) >= 11 is 0. The van der Waals surface area contributed by atoms with Crippen molar-refractivity contribution in [1.82, 2.24) is 4.90 Å². The van der Waals surface area contributed by atoms with Gasteiger partial charge in [0.15, 0.2) is 6.61 Å². The highest BCUT2D eigenvalue weighted by Crippen LogP contribution is 2.35. The van der Waals surface area contributed by atoms with Gasteiger partial charge in [-0.05, 0) is 30.7 Å². The maximum Gasteiger partial charge on any atom is 0.419 e. The molecular weight excluding hydrogens is 401 g/mol. The number of methoxy groups -OCH3 is 1. The van der Waals surface area contributed by atoms with Crippen molar-refractivity contribution in [3.05, 3.63) is 54.1 Å². The molecule has 9 heteroatoms. The Morgan fingerprint density at radius 3 is 2.30 bits per heavy atom. The lowest BCUT2D eigenvalue weighted by Gasteiger charge is -2.22. The van der Waals surface area contributed by atoms with Gasteiger partial charge in [-0.1, -0.05) is 31.2 Å². The van der Waals surface area contributed by atoms with Crippen molar-refractivity contribution in [1.29, 1.82) is 0 Å². The fourth-order valence-electron chi connectivity index (χ4n) is 2.73. The fourth-order valence-corrected chi connectivity index (χ4v) is 2.73. The van der Waals surface area contributed by atoms with Crippen LogP contribution in [0.2, 0.25) is 0 Å². The SMILES string of the molecule is CCCN(CC(=O)Nc1ccccc1OC)C(=O)COc1ccccc1C(F)(F)F. The van der Waals surface area contributed by atoms with Crippen molar-refractivity contribution in [3.63, 3.8) is 0 Å². The Labute approximate surface area is 172 Å². The number of hydrogen-bond acceptors (Lipinski definition) is 4. The Morgan fingerprint density at radius 1 is 1.03 bits per heavy atom. The second-order valence-electron chi connectivity index (χ2n) is 6.35. The number of rotatable bonds is 9. The summed E-state index contributed by atoms with van der Waals surface area (Å²) in [5.41, 5.74) is -0.516. The summed E-state index contributed by atoms with van der Waals surface area (Å²) in [7, 11) is 1.47. The Hall–Kier alpha value is -3.23. The van der Waals surface area contributed by atoms with E-state index in [-0.39, 0.29) is 13.1 Å². The molecule has 1 N–H and O–H groups in total. The molecule has 6 nitrogen and oxygen atoms in total. The molecule has 2 amide bonds. The minimum absolute atomic E-state index is 0.252. The molecule has 2 aromatic carbocycles. The number of carbonyl (C=O) groups is 2. The first-order valence-corrected chi connectivity index (χ1v) is 9.26. The standard InChI is InChI=1S/C21H23F3N2O4/c1-3-12-26(13-19(27)25-16-9-5-7-11-18(16)29-2)20(28)14-30-17-10-6-4-8-15(17)21(22,23)24/h4-11H,3,12-14H2,1-2H3,(H,25,27). The number of alkyl halides is 3. The summed E-state index contributed by atoms with van der Waals surface area (Å²) in [5.74, 6) is -1.03. The number of benzene rings is 2. The number of nitrogens with zero attached hydrogens (tertiary/aromatic N) is 1. The summed E-state index contributed by atoms with van der Waals surface area (Å²) in [4.78, 5) is 26.1.